The second kappa shape index (κ2) is 4.98. The van der Waals surface area contributed by atoms with Crippen molar-refractivity contribution in [3.05, 3.63) is 23.9 Å². The van der Waals surface area contributed by atoms with Gasteiger partial charge in [0.25, 0.3) is 0 Å². The van der Waals surface area contributed by atoms with Gasteiger partial charge in [-0.2, -0.15) is 0 Å². The van der Waals surface area contributed by atoms with Gasteiger partial charge >= 0.3 is 0 Å². The molecule has 0 saturated carbocycles. The highest BCUT2D eigenvalue weighted by Crippen LogP contribution is 2.20. The summed E-state index contributed by atoms with van der Waals surface area (Å²) in [6.45, 7) is 2.05. The number of hydrogen-bond donors (Lipinski definition) is 1. The second-order valence-electron chi connectivity index (χ2n) is 4.62. The molecule has 5 heteroatoms. The maximum Gasteiger partial charge on any atom is 0.129 e. The molecule has 0 radical (unpaired) electrons. The van der Waals surface area contributed by atoms with Crippen LogP contribution in [0.4, 0.5) is 5.82 Å². The van der Waals surface area contributed by atoms with E-state index in [1.54, 1.807) is 6.20 Å². The van der Waals surface area contributed by atoms with Crippen molar-refractivity contribution in [1.29, 1.82) is 0 Å². The quantitative estimate of drug-likeness (QED) is 0.806. The molecule has 1 aliphatic heterocycles. The van der Waals surface area contributed by atoms with E-state index < -0.39 is 0 Å². The van der Waals surface area contributed by atoms with E-state index in [9.17, 15) is 0 Å². The highest BCUT2D eigenvalue weighted by molar-refractivity contribution is 7.80. The van der Waals surface area contributed by atoms with Crippen molar-refractivity contribution in [3.8, 4) is 0 Å². The molecule has 1 unspecified atom stereocenters. The highest BCUT2D eigenvalue weighted by atomic mass is 32.1. The molecule has 0 aliphatic carbocycles. The van der Waals surface area contributed by atoms with Crippen LogP contribution < -0.4 is 10.6 Å². The van der Waals surface area contributed by atoms with Crippen LogP contribution in [0.2, 0.25) is 0 Å². The molecule has 0 amide bonds. The number of anilines is 1. The first-order valence-electron chi connectivity index (χ1n) is 5.75. The summed E-state index contributed by atoms with van der Waals surface area (Å²) >= 11 is 4.98. The van der Waals surface area contributed by atoms with E-state index in [-0.39, 0.29) is 0 Å². The molecule has 1 saturated heterocycles. The minimum atomic E-state index is 0.428. The Morgan fingerprint density at radius 1 is 1.59 bits per heavy atom. The molecule has 1 fully saturated rings. The van der Waals surface area contributed by atoms with Crippen LogP contribution in [0.1, 0.15) is 12.0 Å². The van der Waals surface area contributed by atoms with Crippen molar-refractivity contribution in [2.75, 3.05) is 32.1 Å². The largest absolute Gasteiger partial charge is 0.389 e. The zero-order valence-corrected chi connectivity index (χ0v) is 11.1. The standard InChI is InChI=1S/C12H18N4S/c1-15(2)10-4-6-16(8-10)11-7-9(12(13)17)3-5-14-11/h3,5,7,10H,4,6,8H2,1-2H3,(H2,13,17). The van der Waals surface area contributed by atoms with Crippen LogP contribution in [-0.4, -0.2) is 48.1 Å². The fraction of sp³-hybridized carbons (Fsp3) is 0.500. The van der Waals surface area contributed by atoms with Crippen LogP contribution >= 0.6 is 12.2 Å². The minimum Gasteiger partial charge on any atom is -0.389 e. The lowest BCUT2D eigenvalue weighted by Crippen LogP contribution is -2.31. The van der Waals surface area contributed by atoms with Gasteiger partial charge in [0, 0.05) is 30.9 Å². The van der Waals surface area contributed by atoms with E-state index in [1.165, 1.54) is 6.42 Å². The Balaban J connectivity index is 2.13. The van der Waals surface area contributed by atoms with Gasteiger partial charge < -0.3 is 15.5 Å². The first-order chi connectivity index (χ1) is 8.08. The molecular formula is C12H18N4S. The summed E-state index contributed by atoms with van der Waals surface area (Å²) in [5, 5.41) is 0. The van der Waals surface area contributed by atoms with E-state index in [1.807, 2.05) is 12.1 Å². The number of aromatic nitrogens is 1. The average molecular weight is 250 g/mol. The Labute approximate surface area is 107 Å². The number of pyridine rings is 1. The molecule has 17 heavy (non-hydrogen) atoms. The van der Waals surface area contributed by atoms with E-state index in [0.29, 0.717) is 11.0 Å². The molecule has 92 valence electrons. The summed E-state index contributed by atoms with van der Waals surface area (Å²) < 4.78 is 0. The van der Waals surface area contributed by atoms with E-state index in [4.69, 9.17) is 18.0 Å². The van der Waals surface area contributed by atoms with Gasteiger partial charge in [-0.1, -0.05) is 12.2 Å². The first kappa shape index (κ1) is 12.3. The third kappa shape index (κ3) is 2.73. The molecule has 2 rings (SSSR count). The molecule has 1 aromatic heterocycles. The normalized spacial score (nSPS) is 19.9. The van der Waals surface area contributed by atoms with Gasteiger partial charge in [0.2, 0.25) is 0 Å². The van der Waals surface area contributed by atoms with Crippen molar-refractivity contribution in [3.63, 3.8) is 0 Å². The Morgan fingerprint density at radius 2 is 2.35 bits per heavy atom. The molecule has 0 aromatic carbocycles. The number of rotatable bonds is 3. The summed E-state index contributed by atoms with van der Waals surface area (Å²) in [4.78, 5) is 9.36. The Morgan fingerprint density at radius 3 is 2.94 bits per heavy atom. The maximum absolute atomic E-state index is 5.63. The first-order valence-corrected chi connectivity index (χ1v) is 6.16. The molecule has 0 bridgehead atoms. The summed E-state index contributed by atoms with van der Waals surface area (Å²) in [6, 6.07) is 4.43. The zero-order valence-electron chi connectivity index (χ0n) is 10.3. The lowest BCUT2D eigenvalue weighted by Gasteiger charge is -2.21. The molecule has 2 N–H and O–H groups in total. The Kier molecular flexibility index (Phi) is 3.59. The van der Waals surface area contributed by atoms with Gasteiger partial charge in [-0.15, -0.1) is 0 Å². The summed E-state index contributed by atoms with van der Waals surface area (Å²) in [5.74, 6) is 0.972. The fourth-order valence-corrected chi connectivity index (χ4v) is 2.24. The van der Waals surface area contributed by atoms with Gasteiger partial charge in [-0.25, -0.2) is 4.98 Å². The summed E-state index contributed by atoms with van der Waals surface area (Å²) in [6.07, 6.45) is 2.94. The van der Waals surface area contributed by atoms with Crippen LogP contribution in [0.5, 0.6) is 0 Å². The van der Waals surface area contributed by atoms with E-state index >= 15 is 0 Å². The Hall–Kier alpha value is -1.20. The molecule has 4 nitrogen and oxygen atoms in total. The van der Waals surface area contributed by atoms with Gasteiger partial charge in [0.1, 0.15) is 10.8 Å². The summed E-state index contributed by atoms with van der Waals surface area (Å²) in [7, 11) is 4.24. The zero-order chi connectivity index (χ0) is 12.4. The predicted molar refractivity (Wildman–Crippen MR) is 74.4 cm³/mol. The number of thiocarbonyl (C=S) groups is 1. The van der Waals surface area contributed by atoms with Crippen molar-refractivity contribution in [1.82, 2.24) is 9.88 Å². The Bertz CT molecular complexity index is 419. The average Bonchev–Trinajstić information content (AvgIpc) is 2.78. The molecule has 0 spiro atoms. The second-order valence-corrected chi connectivity index (χ2v) is 5.06. The molecular weight excluding hydrogens is 232 g/mol. The van der Waals surface area contributed by atoms with E-state index in [2.05, 4.69) is 28.9 Å². The maximum atomic E-state index is 5.63. The van der Waals surface area contributed by atoms with Gasteiger partial charge in [-0.05, 0) is 32.6 Å². The number of nitrogens with zero attached hydrogens (tertiary/aromatic N) is 3. The monoisotopic (exact) mass is 250 g/mol. The topological polar surface area (TPSA) is 45.4 Å². The lowest BCUT2D eigenvalue weighted by molar-refractivity contribution is 0.315. The smallest absolute Gasteiger partial charge is 0.129 e. The van der Waals surface area contributed by atoms with Crippen molar-refractivity contribution in [2.45, 2.75) is 12.5 Å². The van der Waals surface area contributed by atoms with Crippen LogP contribution in [0.25, 0.3) is 0 Å². The van der Waals surface area contributed by atoms with Gasteiger partial charge in [-0.3, -0.25) is 0 Å². The number of likely N-dealkylation sites (N-methyl/N-ethyl adjacent to an activating group) is 1. The predicted octanol–water partition coefficient (Wildman–Crippen LogP) is 0.856. The molecule has 2 heterocycles. The van der Waals surface area contributed by atoms with Gasteiger partial charge in [0.15, 0.2) is 0 Å². The SMILES string of the molecule is CN(C)C1CCN(c2cc(C(N)=S)ccn2)C1. The third-order valence-electron chi connectivity index (χ3n) is 3.25. The van der Waals surface area contributed by atoms with E-state index in [0.717, 1.165) is 24.5 Å². The lowest BCUT2D eigenvalue weighted by atomic mass is 10.2. The molecule has 1 aliphatic rings. The molecule has 1 atom stereocenters. The van der Waals surface area contributed by atoms with Gasteiger partial charge in [0.05, 0.1) is 0 Å². The van der Waals surface area contributed by atoms with Crippen LogP contribution in [0.3, 0.4) is 0 Å². The highest BCUT2D eigenvalue weighted by Gasteiger charge is 2.24. The number of hydrogen-bond acceptors (Lipinski definition) is 4. The van der Waals surface area contributed by atoms with Crippen LogP contribution in [0.15, 0.2) is 18.3 Å². The fourth-order valence-electron chi connectivity index (χ4n) is 2.12. The van der Waals surface area contributed by atoms with Crippen molar-refractivity contribution >= 4 is 23.0 Å². The molecule has 1 aromatic rings. The van der Waals surface area contributed by atoms with Crippen molar-refractivity contribution in [2.24, 2.45) is 5.73 Å². The van der Waals surface area contributed by atoms with Crippen LogP contribution in [0, 0.1) is 0 Å². The van der Waals surface area contributed by atoms with Crippen LogP contribution in [-0.2, 0) is 0 Å². The van der Waals surface area contributed by atoms with Crippen molar-refractivity contribution < 1.29 is 0 Å². The number of nitrogens with two attached hydrogens (primary N) is 1. The third-order valence-corrected chi connectivity index (χ3v) is 3.48. The summed E-state index contributed by atoms with van der Waals surface area (Å²) in [5.41, 5.74) is 6.52. The minimum absolute atomic E-state index is 0.428.